The molecule has 2 aromatic rings. The van der Waals surface area contributed by atoms with Gasteiger partial charge in [-0.2, -0.15) is 0 Å². The van der Waals surface area contributed by atoms with Crippen LogP contribution in [0.3, 0.4) is 0 Å². The Morgan fingerprint density at radius 3 is 2.10 bits per heavy atom. The average molecular weight is 576 g/mol. The molecule has 2 fully saturated rings. The van der Waals surface area contributed by atoms with Gasteiger partial charge in [0.2, 0.25) is 5.91 Å². The van der Waals surface area contributed by atoms with Gasteiger partial charge in [-0.05, 0) is 82.6 Å². The average Bonchev–Trinajstić information content (AvgIpc) is 3.30. The normalized spacial score (nSPS) is 23.9. The Bertz CT molecular complexity index is 1300. The Labute approximate surface area is 234 Å². The molecule has 3 amide bonds. The van der Waals surface area contributed by atoms with Gasteiger partial charge >= 0.3 is 0 Å². The summed E-state index contributed by atoms with van der Waals surface area (Å²) in [5.74, 6) is -4.71. The van der Waals surface area contributed by atoms with Gasteiger partial charge in [0.05, 0.1) is 17.2 Å². The SMILES string of the molecule is CC(C)(C)[S@+]([O-])N[C@@H](Cc1cc(F)c(F)cc1F)[C@@H]1C[C@H]2CC[C@@H](C1)N2C(=O)CN1C(=O)c2ccccc2C1=O. The summed E-state index contributed by atoms with van der Waals surface area (Å²) in [7, 11) is 0. The second-order valence-electron chi connectivity index (χ2n) is 11.8. The van der Waals surface area contributed by atoms with Crippen molar-refractivity contribution < 1.29 is 32.1 Å². The molecule has 3 heterocycles. The van der Waals surface area contributed by atoms with Crippen molar-refractivity contribution in [2.45, 2.75) is 75.7 Å². The standard InChI is InChI=1S/C29H32F3N3O4S/c1-29(2,3)40(39)33-25(13-16-12-23(31)24(32)14-22(16)30)17-10-18-8-9-19(11-17)35(18)26(36)15-34-27(37)20-6-4-5-7-21(20)28(34)38/h4-7,12,14,17-19,25,33H,8-11,13,15H2,1-3H3/t17-,18-,19+,25-,40-/m0/s1. The molecule has 214 valence electrons. The predicted octanol–water partition coefficient (Wildman–Crippen LogP) is 4.13. The van der Waals surface area contributed by atoms with Crippen LogP contribution in [0.5, 0.6) is 0 Å². The van der Waals surface area contributed by atoms with Crippen LogP contribution in [0, 0.1) is 23.4 Å². The number of rotatable bonds is 7. The fourth-order valence-electron chi connectivity index (χ4n) is 6.13. The summed E-state index contributed by atoms with van der Waals surface area (Å²) in [6, 6.07) is 6.98. The number of nitrogens with zero attached hydrogens (tertiary/aromatic N) is 2. The van der Waals surface area contributed by atoms with E-state index in [1.165, 1.54) is 0 Å². The topological polar surface area (TPSA) is 92.8 Å². The van der Waals surface area contributed by atoms with Crippen molar-refractivity contribution in [3.05, 3.63) is 70.5 Å². The summed E-state index contributed by atoms with van der Waals surface area (Å²) < 4.78 is 57.7. The minimum atomic E-state index is -1.51. The van der Waals surface area contributed by atoms with Gasteiger partial charge in [-0.15, -0.1) is 4.72 Å². The summed E-state index contributed by atoms with van der Waals surface area (Å²) in [6.07, 6.45) is 2.49. The van der Waals surface area contributed by atoms with Crippen molar-refractivity contribution in [3.8, 4) is 0 Å². The highest BCUT2D eigenvalue weighted by Crippen LogP contribution is 2.41. The number of hydrogen-bond acceptors (Lipinski definition) is 5. The molecule has 1 N–H and O–H groups in total. The summed E-state index contributed by atoms with van der Waals surface area (Å²) in [4.78, 5) is 41.8. The third-order valence-corrected chi connectivity index (χ3v) is 9.77. The molecule has 2 aromatic carbocycles. The van der Waals surface area contributed by atoms with Crippen LogP contribution in [-0.2, 0) is 22.6 Å². The number of imide groups is 1. The second-order valence-corrected chi connectivity index (χ2v) is 13.8. The van der Waals surface area contributed by atoms with Crippen LogP contribution < -0.4 is 4.72 Å². The number of hydrogen-bond donors (Lipinski definition) is 1. The van der Waals surface area contributed by atoms with Crippen molar-refractivity contribution in [1.82, 2.24) is 14.5 Å². The Balaban J connectivity index is 1.32. The number of nitrogens with one attached hydrogen (secondary N) is 1. The summed E-state index contributed by atoms with van der Waals surface area (Å²) >= 11 is -1.51. The van der Waals surface area contributed by atoms with E-state index in [-0.39, 0.29) is 53.6 Å². The van der Waals surface area contributed by atoms with Crippen LogP contribution in [0.1, 0.15) is 72.7 Å². The highest BCUT2D eigenvalue weighted by Gasteiger charge is 2.48. The van der Waals surface area contributed by atoms with E-state index in [9.17, 15) is 32.1 Å². The number of carbonyl (C=O) groups excluding carboxylic acids is 3. The third-order valence-electron chi connectivity index (χ3n) is 8.14. The van der Waals surface area contributed by atoms with Gasteiger partial charge < -0.3 is 9.45 Å². The lowest BCUT2D eigenvalue weighted by atomic mass is 9.82. The van der Waals surface area contributed by atoms with Crippen molar-refractivity contribution in [1.29, 1.82) is 0 Å². The number of benzene rings is 2. The molecule has 0 saturated carbocycles. The molecule has 0 radical (unpaired) electrons. The van der Waals surface area contributed by atoms with Crippen LogP contribution in [0.15, 0.2) is 36.4 Å². The zero-order chi connectivity index (χ0) is 28.9. The molecule has 7 nitrogen and oxygen atoms in total. The van der Waals surface area contributed by atoms with Gasteiger partial charge in [-0.1, -0.05) is 12.1 Å². The second kappa shape index (κ2) is 10.8. The Hall–Kier alpha value is -2.89. The van der Waals surface area contributed by atoms with Gasteiger partial charge in [-0.25, -0.2) is 13.2 Å². The predicted molar refractivity (Wildman–Crippen MR) is 143 cm³/mol. The molecule has 0 spiro atoms. The first-order valence-electron chi connectivity index (χ1n) is 13.4. The highest BCUT2D eigenvalue weighted by atomic mass is 32.2. The first kappa shape index (κ1) is 28.6. The molecule has 2 saturated heterocycles. The van der Waals surface area contributed by atoms with E-state index in [0.717, 1.165) is 23.8 Å². The zero-order valence-corrected chi connectivity index (χ0v) is 23.4. The molecule has 40 heavy (non-hydrogen) atoms. The van der Waals surface area contributed by atoms with Gasteiger partial charge in [0.25, 0.3) is 11.8 Å². The monoisotopic (exact) mass is 575 g/mol. The van der Waals surface area contributed by atoms with Crippen molar-refractivity contribution in [3.63, 3.8) is 0 Å². The molecule has 11 heteroatoms. The lowest BCUT2D eigenvalue weighted by Crippen LogP contribution is -2.55. The Morgan fingerprint density at radius 2 is 1.55 bits per heavy atom. The van der Waals surface area contributed by atoms with Gasteiger partial charge in [0.15, 0.2) is 11.6 Å². The van der Waals surface area contributed by atoms with Crippen molar-refractivity contribution in [2.75, 3.05) is 6.54 Å². The van der Waals surface area contributed by atoms with Crippen LogP contribution >= 0.6 is 0 Å². The fourth-order valence-corrected chi connectivity index (χ4v) is 7.03. The maximum absolute atomic E-state index is 14.6. The van der Waals surface area contributed by atoms with E-state index >= 15 is 0 Å². The quantitative estimate of drug-likeness (QED) is 0.305. The van der Waals surface area contributed by atoms with E-state index in [4.69, 9.17) is 0 Å². The maximum atomic E-state index is 14.6. The van der Waals surface area contributed by atoms with E-state index < -0.39 is 51.4 Å². The molecule has 5 atom stereocenters. The van der Waals surface area contributed by atoms with Gasteiger partial charge in [0, 0.05) is 29.5 Å². The van der Waals surface area contributed by atoms with Crippen LogP contribution in [0.2, 0.25) is 0 Å². The number of amides is 3. The third kappa shape index (κ3) is 5.38. The summed E-state index contributed by atoms with van der Waals surface area (Å²) in [6.45, 7) is 5.06. The molecule has 5 rings (SSSR count). The number of piperidine rings is 1. The molecule has 0 aromatic heterocycles. The van der Waals surface area contributed by atoms with Crippen LogP contribution in [0.4, 0.5) is 13.2 Å². The van der Waals surface area contributed by atoms with Gasteiger partial charge in [0.1, 0.15) is 17.1 Å². The van der Waals surface area contributed by atoms with E-state index in [0.29, 0.717) is 18.9 Å². The van der Waals surface area contributed by atoms with E-state index in [2.05, 4.69) is 4.72 Å². The first-order chi connectivity index (χ1) is 18.8. The Morgan fingerprint density at radius 1 is 1.00 bits per heavy atom. The number of fused-ring (bicyclic) bond motifs is 3. The Kier molecular flexibility index (Phi) is 7.75. The number of halogens is 3. The minimum absolute atomic E-state index is 0.00204. The lowest BCUT2D eigenvalue weighted by Gasteiger charge is -2.42. The summed E-state index contributed by atoms with van der Waals surface area (Å²) in [5.41, 5.74) is 0.554. The molecule has 2 bridgehead atoms. The zero-order valence-electron chi connectivity index (χ0n) is 22.6. The molecular weight excluding hydrogens is 543 g/mol. The van der Waals surface area contributed by atoms with E-state index in [1.54, 1.807) is 49.9 Å². The highest BCUT2D eigenvalue weighted by molar-refractivity contribution is 7.90. The van der Waals surface area contributed by atoms with Gasteiger partial charge in [-0.3, -0.25) is 19.3 Å². The maximum Gasteiger partial charge on any atom is 0.262 e. The number of carbonyl (C=O) groups is 3. The van der Waals surface area contributed by atoms with Crippen molar-refractivity contribution >= 4 is 29.1 Å². The van der Waals surface area contributed by atoms with E-state index in [1.807, 2.05) is 0 Å². The summed E-state index contributed by atoms with van der Waals surface area (Å²) in [5, 5.41) is 0. The molecular formula is C29H32F3N3O4S. The molecule has 3 aliphatic rings. The lowest BCUT2D eigenvalue weighted by molar-refractivity contribution is -0.136. The fraction of sp³-hybridized carbons (Fsp3) is 0.483. The molecule has 3 aliphatic heterocycles. The van der Waals surface area contributed by atoms with Crippen LogP contribution in [-0.4, -0.2) is 61.5 Å². The molecule has 0 aliphatic carbocycles. The molecule has 0 unspecified atom stereocenters. The smallest absolute Gasteiger partial charge is 0.262 e. The minimum Gasteiger partial charge on any atom is -0.598 e. The largest absolute Gasteiger partial charge is 0.598 e. The first-order valence-corrected chi connectivity index (χ1v) is 14.6. The van der Waals surface area contributed by atoms with Crippen LogP contribution in [0.25, 0.3) is 0 Å². The van der Waals surface area contributed by atoms with Crippen molar-refractivity contribution in [2.24, 2.45) is 5.92 Å².